The topological polar surface area (TPSA) is 61.9 Å². The minimum Gasteiger partial charge on any atom is -0.306 e. The second-order valence-corrected chi connectivity index (χ2v) is 6.29. The molecule has 0 amide bonds. The Morgan fingerprint density at radius 2 is 2.08 bits per heavy atom. The first-order valence-corrected chi connectivity index (χ1v) is 8.29. The van der Waals surface area contributed by atoms with Gasteiger partial charge in [-0.25, -0.2) is 13.8 Å². The third-order valence-electron chi connectivity index (χ3n) is 4.48. The number of fused-ring (bicyclic) bond motifs is 1. The van der Waals surface area contributed by atoms with Gasteiger partial charge in [0.05, 0.1) is 5.69 Å². The van der Waals surface area contributed by atoms with Gasteiger partial charge in [0, 0.05) is 43.2 Å². The van der Waals surface area contributed by atoms with Crippen LogP contribution in [-0.2, 0) is 19.5 Å². The predicted molar refractivity (Wildman–Crippen MR) is 92.3 cm³/mol. The van der Waals surface area contributed by atoms with E-state index in [9.17, 15) is 13.6 Å². The Morgan fingerprint density at radius 3 is 2.85 bits per heavy atom. The van der Waals surface area contributed by atoms with Crippen LogP contribution in [0.25, 0.3) is 11.4 Å². The van der Waals surface area contributed by atoms with E-state index in [1.165, 1.54) is 6.07 Å². The molecule has 1 aliphatic heterocycles. The van der Waals surface area contributed by atoms with Gasteiger partial charge in [0.15, 0.2) is 11.6 Å². The van der Waals surface area contributed by atoms with Gasteiger partial charge in [0.25, 0.3) is 5.56 Å². The number of nitrogens with zero attached hydrogens (tertiary/aromatic N) is 3. The Kier molecular flexibility index (Phi) is 4.30. The molecule has 0 spiro atoms. The molecule has 1 aliphatic rings. The molecular formula is C19H16F2N4O. The number of nitrogens with one attached hydrogen (secondary N) is 1. The molecule has 2 aromatic heterocycles. The van der Waals surface area contributed by atoms with E-state index in [1.807, 2.05) is 6.07 Å². The monoisotopic (exact) mass is 354 g/mol. The van der Waals surface area contributed by atoms with Crippen molar-refractivity contribution in [1.29, 1.82) is 0 Å². The first-order valence-electron chi connectivity index (χ1n) is 8.29. The van der Waals surface area contributed by atoms with Crippen LogP contribution >= 0.6 is 0 Å². The van der Waals surface area contributed by atoms with Gasteiger partial charge in [-0.2, -0.15) is 0 Å². The highest BCUT2D eigenvalue weighted by Gasteiger charge is 2.21. The van der Waals surface area contributed by atoms with Gasteiger partial charge in [-0.1, -0.05) is 6.07 Å². The summed E-state index contributed by atoms with van der Waals surface area (Å²) in [6, 6.07) is 7.52. The highest BCUT2D eigenvalue weighted by Crippen LogP contribution is 2.20. The van der Waals surface area contributed by atoms with Crippen molar-refractivity contribution in [2.24, 2.45) is 0 Å². The van der Waals surface area contributed by atoms with Crippen LogP contribution in [0.4, 0.5) is 8.78 Å². The minimum absolute atomic E-state index is 0.138. The van der Waals surface area contributed by atoms with Crippen molar-refractivity contribution in [2.45, 2.75) is 19.5 Å². The highest BCUT2D eigenvalue weighted by atomic mass is 19.2. The third kappa shape index (κ3) is 3.25. The highest BCUT2D eigenvalue weighted by molar-refractivity contribution is 5.53. The van der Waals surface area contributed by atoms with E-state index in [-0.39, 0.29) is 5.56 Å². The second kappa shape index (κ2) is 6.76. The summed E-state index contributed by atoms with van der Waals surface area (Å²) in [5.74, 6) is -1.23. The smallest absolute Gasteiger partial charge is 0.254 e. The molecule has 3 aromatic rings. The minimum atomic E-state index is -0.855. The number of halogens is 2. The van der Waals surface area contributed by atoms with Crippen LogP contribution in [0.3, 0.4) is 0 Å². The molecule has 3 heterocycles. The van der Waals surface area contributed by atoms with E-state index in [0.717, 1.165) is 11.6 Å². The normalized spacial score (nSPS) is 14.2. The average Bonchev–Trinajstić information content (AvgIpc) is 2.65. The molecule has 0 saturated heterocycles. The van der Waals surface area contributed by atoms with E-state index in [4.69, 9.17) is 0 Å². The van der Waals surface area contributed by atoms with Crippen molar-refractivity contribution in [3.63, 3.8) is 0 Å². The summed E-state index contributed by atoms with van der Waals surface area (Å²) in [6.07, 6.45) is 3.87. The van der Waals surface area contributed by atoms with Crippen molar-refractivity contribution in [2.75, 3.05) is 6.54 Å². The Morgan fingerprint density at radius 1 is 1.19 bits per heavy atom. The zero-order valence-electron chi connectivity index (χ0n) is 13.9. The number of benzene rings is 1. The molecular weight excluding hydrogens is 338 g/mol. The molecule has 0 atom stereocenters. The van der Waals surface area contributed by atoms with Gasteiger partial charge in [0.1, 0.15) is 5.82 Å². The van der Waals surface area contributed by atoms with Gasteiger partial charge in [-0.3, -0.25) is 14.7 Å². The van der Waals surface area contributed by atoms with Crippen molar-refractivity contribution in [3.8, 4) is 11.4 Å². The lowest BCUT2D eigenvalue weighted by Crippen LogP contribution is -2.35. The molecule has 7 heteroatoms. The predicted octanol–water partition coefficient (Wildman–Crippen LogP) is 2.67. The molecule has 132 valence electrons. The van der Waals surface area contributed by atoms with Crippen LogP contribution in [0.2, 0.25) is 0 Å². The molecule has 0 radical (unpaired) electrons. The fourth-order valence-corrected chi connectivity index (χ4v) is 3.16. The van der Waals surface area contributed by atoms with Gasteiger partial charge >= 0.3 is 0 Å². The summed E-state index contributed by atoms with van der Waals surface area (Å²) in [5.41, 5.74) is 2.68. The van der Waals surface area contributed by atoms with Crippen molar-refractivity contribution in [1.82, 2.24) is 19.9 Å². The molecule has 26 heavy (non-hydrogen) atoms. The summed E-state index contributed by atoms with van der Waals surface area (Å²) < 4.78 is 26.5. The first-order chi connectivity index (χ1) is 12.6. The number of H-pyrrole nitrogens is 1. The Labute approximate surface area is 148 Å². The van der Waals surface area contributed by atoms with Crippen LogP contribution in [0.5, 0.6) is 0 Å². The zero-order valence-corrected chi connectivity index (χ0v) is 13.9. The number of pyridine rings is 1. The van der Waals surface area contributed by atoms with Crippen molar-refractivity contribution >= 4 is 0 Å². The molecule has 5 nitrogen and oxygen atoms in total. The summed E-state index contributed by atoms with van der Waals surface area (Å²) >= 11 is 0. The number of aromatic nitrogens is 3. The van der Waals surface area contributed by atoms with E-state index < -0.39 is 11.6 Å². The van der Waals surface area contributed by atoms with Crippen LogP contribution in [-0.4, -0.2) is 26.4 Å². The average molecular weight is 354 g/mol. The molecule has 0 fully saturated rings. The van der Waals surface area contributed by atoms with E-state index in [0.29, 0.717) is 48.7 Å². The van der Waals surface area contributed by atoms with Gasteiger partial charge < -0.3 is 4.98 Å². The van der Waals surface area contributed by atoms with Crippen molar-refractivity contribution < 1.29 is 8.78 Å². The summed E-state index contributed by atoms with van der Waals surface area (Å²) in [7, 11) is 0. The molecule has 4 rings (SSSR count). The molecule has 0 unspecified atom stereocenters. The van der Waals surface area contributed by atoms with Crippen LogP contribution < -0.4 is 5.56 Å². The van der Waals surface area contributed by atoms with Crippen LogP contribution in [0.15, 0.2) is 47.5 Å². The number of rotatable bonds is 3. The number of aromatic amines is 1. The number of hydrogen-bond acceptors (Lipinski definition) is 4. The van der Waals surface area contributed by atoms with E-state index >= 15 is 0 Å². The summed E-state index contributed by atoms with van der Waals surface area (Å²) in [5, 5.41) is 0. The van der Waals surface area contributed by atoms with Gasteiger partial charge in [-0.05, 0) is 36.2 Å². The SMILES string of the molecule is O=c1[nH]c(-c2cccnc2)nc2c1CCN(Cc1ccc(F)c(F)c1)C2. The first kappa shape index (κ1) is 16.5. The maximum absolute atomic E-state index is 13.4. The standard InChI is InChI=1S/C19H16F2N4O/c20-15-4-3-12(8-16(15)21)10-25-7-5-14-17(11-25)23-18(24-19(14)26)13-2-1-6-22-9-13/h1-4,6,8-9H,5,7,10-11H2,(H,23,24,26). The lowest BCUT2D eigenvalue weighted by molar-refractivity contribution is 0.240. The molecule has 0 bridgehead atoms. The van der Waals surface area contributed by atoms with Crippen molar-refractivity contribution in [3.05, 3.63) is 81.5 Å². The van der Waals surface area contributed by atoms with Gasteiger partial charge in [0.2, 0.25) is 0 Å². The maximum Gasteiger partial charge on any atom is 0.254 e. The fourth-order valence-electron chi connectivity index (χ4n) is 3.16. The zero-order chi connectivity index (χ0) is 18.1. The maximum atomic E-state index is 13.4. The second-order valence-electron chi connectivity index (χ2n) is 6.29. The van der Waals surface area contributed by atoms with Crippen LogP contribution in [0.1, 0.15) is 16.8 Å². The Balaban J connectivity index is 1.60. The summed E-state index contributed by atoms with van der Waals surface area (Å²) in [6.45, 7) is 1.60. The number of hydrogen-bond donors (Lipinski definition) is 1. The lowest BCUT2D eigenvalue weighted by atomic mass is 10.0. The molecule has 0 saturated carbocycles. The van der Waals surface area contributed by atoms with E-state index in [2.05, 4.69) is 19.9 Å². The quantitative estimate of drug-likeness (QED) is 0.786. The van der Waals surface area contributed by atoms with E-state index in [1.54, 1.807) is 24.5 Å². The lowest BCUT2D eigenvalue weighted by Gasteiger charge is -2.27. The molecule has 0 aliphatic carbocycles. The Hall–Kier alpha value is -2.93. The molecule has 1 aromatic carbocycles. The fraction of sp³-hybridized carbons (Fsp3) is 0.211. The largest absolute Gasteiger partial charge is 0.306 e. The van der Waals surface area contributed by atoms with Crippen LogP contribution in [0, 0.1) is 11.6 Å². The third-order valence-corrected chi connectivity index (χ3v) is 4.48. The van der Waals surface area contributed by atoms with Gasteiger partial charge in [-0.15, -0.1) is 0 Å². The molecule has 1 N–H and O–H groups in total. The Bertz CT molecular complexity index is 1000. The summed E-state index contributed by atoms with van der Waals surface area (Å²) in [4.78, 5) is 25.9.